The molecule has 1 atom stereocenters. The van der Waals surface area contributed by atoms with E-state index >= 15 is 0 Å². The number of methoxy groups -OCH3 is 1. The second kappa shape index (κ2) is 7.22. The molecule has 1 aliphatic rings. The molecule has 28 heavy (non-hydrogen) atoms. The number of carbonyl (C=O) groups is 1. The van der Waals surface area contributed by atoms with Crippen molar-refractivity contribution in [1.82, 2.24) is 15.3 Å². The number of hydrogen-bond acceptors (Lipinski definition) is 6. The standard InChI is InChI=1S/C20H21N5O3/c1-12-4-5-15(27-3)9-16(12)24-19-22-10-17(28-19)14-6-7-21-18(8-14)25-11-13(2)23-20(25)26/h4-10,13H,11H2,1-3H3,(H,22,24)(H,23,26). The minimum atomic E-state index is -0.148. The van der Waals surface area contributed by atoms with E-state index in [1.54, 1.807) is 24.4 Å². The van der Waals surface area contributed by atoms with Gasteiger partial charge in [0.05, 0.1) is 13.3 Å². The number of aryl methyl sites for hydroxylation is 1. The van der Waals surface area contributed by atoms with Crippen molar-refractivity contribution < 1.29 is 13.9 Å². The minimum absolute atomic E-state index is 0.0881. The minimum Gasteiger partial charge on any atom is -0.497 e. The maximum absolute atomic E-state index is 12.0. The highest BCUT2D eigenvalue weighted by atomic mass is 16.5. The summed E-state index contributed by atoms with van der Waals surface area (Å²) in [4.78, 5) is 22.3. The number of benzene rings is 1. The molecule has 4 rings (SSSR count). The van der Waals surface area contributed by atoms with Crippen LogP contribution in [0.1, 0.15) is 12.5 Å². The molecular weight excluding hydrogens is 358 g/mol. The Morgan fingerprint density at radius 2 is 2.14 bits per heavy atom. The molecule has 0 saturated carbocycles. The molecule has 1 aromatic carbocycles. The van der Waals surface area contributed by atoms with Crippen LogP contribution in [0.4, 0.5) is 22.3 Å². The van der Waals surface area contributed by atoms with Gasteiger partial charge in [0.1, 0.15) is 11.6 Å². The van der Waals surface area contributed by atoms with E-state index in [9.17, 15) is 4.79 Å². The molecule has 8 nitrogen and oxygen atoms in total. The summed E-state index contributed by atoms with van der Waals surface area (Å²) in [5, 5.41) is 6.03. The average Bonchev–Trinajstić information content (AvgIpc) is 3.29. The Bertz CT molecular complexity index is 1020. The zero-order valence-corrected chi connectivity index (χ0v) is 15.9. The number of hydrogen-bond donors (Lipinski definition) is 2. The van der Waals surface area contributed by atoms with Crippen molar-refractivity contribution in [3.63, 3.8) is 0 Å². The maximum Gasteiger partial charge on any atom is 0.323 e. The highest BCUT2D eigenvalue weighted by Crippen LogP contribution is 2.29. The van der Waals surface area contributed by atoms with Gasteiger partial charge in [-0.1, -0.05) is 6.07 Å². The lowest BCUT2D eigenvalue weighted by Crippen LogP contribution is -2.28. The molecule has 3 heterocycles. The number of amides is 2. The average molecular weight is 379 g/mol. The van der Waals surface area contributed by atoms with Gasteiger partial charge in [-0.05, 0) is 37.6 Å². The van der Waals surface area contributed by atoms with Crippen LogP contribution in [0, 0.1) is 6.92 Å². The van der Waals surface area contributed by atoms with E-state index in [2.05, 4.69) is 20.6 Å². The third kappa shape index (κ3) is 3.48. The maximum atomic E-state index is 12.0. The van der Waals surface area contributed by atoms with Gasteiger partial charge in [0.25, 0.3) is 6.01 Å². The van der Waals surface area contributed by atoms with Crippen LogP contribution in [0.3, 0.4) is 0 Å². The normalized spacial score (nSPS) is 16.2. The van der Waals surface area contributed by atoms with E-state index in [-0.39, 0.29) is 12.1 Å². The first-order valence-electron chi connectivity index (χ1n) is 8.95. The fourth-order valence-electron chi connectivity index (χ4n) is 3.05. The topological polar surface area (TPSA) is 92.5 Å². The van der Waals surface area contributed by atoms with Gasteiger partial charge in [0.15, 0.2) is 5.76 Å². The van der Waals surface area contributed by atoms with Crippen molar-refractivity contribution in [2.45, 2.75) is 19.9 Å². The molecule has 3 aromatic rings. The van der Waals surface area contributed by atoms with Gasteiger partial charge in [0.2, 0.25) is 0 Å². The second-order valence-electron chi connectivity index (χ2n) is 6.70. The van der Waals surface area contributed by atoms with Crippen molar-refractivity contribution in [3.05, 3.63) is 48.3 Å². The third-order valence-corrected chi connectivity index (χ3v) is 4.57. The zero-order valence-electron chi connectivity index (χ0n) is 15.9. The number of urea groups is 1. The Morgan fingerprint density at radius 1 is 1.29 bits per heavy atom. The molecule has 8 heteroatoms. The van der Waals surface area contributed by atoms with Crippen LogP contribution in [0.2, 0.25) is 0 Å². The van der Waals surface area contributed by atoms with Crippen LogP contribution in [0.15, 0.2) is 47.1 Å². The Hall–Kier alpha value is -3.55. The molecule has 144 valence electrons. The lowest BCUT2D eigenvalue weighted by molar-refractivity contribution is 0.251. The van der Waals surface area contributed by atoms with Crippen LogP contribution in [-0.4, -0.2) is 35.7 Å². The fourth-order valence-corrected chi connectivity index (χ4v) is 3.05. The first kappa shape index (κ1) is 17.8. The van der Waals surface area contributed by atoms with E-state index in [1.807, 2.05) is 44.2 Å². The molecule has 1 fully saturated rings. The first-order valence-corrected chi connectivity index (χ1v) is 8.95. The lowest BCUT2D eigenvalue weighted by atomic mass is 10.2. The van der Waals surface area contributed by atoms with Gasteiger partial charge < -0.3 is 19.8 Å². The summed E-state index contributed by atoms with van der Waals surface area (Å²) in [5.41, 5.74) is 2.69. The van der Waals surface area contributed by atoms with Crippen molar-refractivity contribution in [2.75, 3.05) is 23.9 Å². The number of nitrogens with zero attached hydrogens (tertiary/aromatic N) is 3. The summed E-state index contributed by atoms with van der Waals surface area (Å²) in [6, 6.07) is 9.70. The molecule has 0 aliphatic carbocycles. The largest absolute Gasteiger partial charge is 0.497 e. The summed E-state index contributed by atoms with van der Waals surface area (Å²) < 4.78 is 11.1. The van der Waals surface area contributed by atoms with Crippen LogP contribution >= 0.6 is 0 Å². The van der Waals surface area contributed by atoms with Gasteiger partial charge in [-0.3, -0.25) is 4.90 Å². The van der Waals surface area contributed by atoms with Gasteiger partial charge in [0, 0.05) is 36.1 Å². The number of aromatic nitrogens is 2. The summed E-state index contributed by atoms with van der Waals surface area (Å²) in [6.45, 7) is 4.52. The highest BCUT2D eigenvalue weighted by Gasteiger charge is 2.28. The van der Waals surface area contributed by atoms with Gasteiger partial charge in [-0.2, -0.15) is 0 Å². The van der Waals surface area contributed by atoms with E-state index < -0.39 is 0 Å². The molecule has 2 N–H and O–H groups in total. The fraction of sp³-hybridized carbons (Fsp3) is 0.250. The van der Waals surface area contributed by atoms with Crippen molar-refractivity contribution in [2.24, 2.45) is 0 Å². The molecule has 1 saturated heterocycles. The molecule has 1 unspecified atom stereocenters. The van der Waals surface area contributed by atoms with Crippen LogP contribution in [0.25, 0.3) is 11.3 Å². The second-order valence-corrected chi connectivity index (χ2v) is 6.70. The van der Waals surface area contributed by atoms with Crippen molar-refractivity contribution in [3.8, 4) is 17.1 Å². The van der Waals surface area contributed by atoms with Gasteiger partial charge in [-0.25, -0.2) is 14.8 Å². The van der Waals surface area contributed by atoms with E-state index in [1.165, 1.54) is 0 Å². The molecule has 1 aliphatic heterocycles. The Labute approximate surface area is 162 Å². The molecule has 0 spiro atoms. The van der Waals surface area contributed by atoms with E-state index in [0.717, 1.165) is 22.6 Å². The SMILES string of the molecule is COc1ccc(C)c(Nc2ncc(-c3ccnc(N4CC(C)NC4=O)c3)o2)c1. The quantitative estimate of drug-likeness (QED) is 0.702. The molecule has 2 amide bonds. The van der Waals surface area contributed by atoms with E-state index in [0.29, 0.717) is 24.1 Å². The summed E-state index contributed by atoms with van der Waals surface area (Å²) in [7, 11) is 1.63. The number of anilines is 3. The predicted molar refractivity (Wildman–Crippen MR) is 106 cm³/mol. The first-order chi connectivity index (χ1) is 13.5. The predicted octanol–water partition coefficient (Wildman–Crippen LogP) is 3.72. The molecule has 0 bridgehead atoms. The summed E-state index contributed by atoms with van der Waals surface area (Å²) in [5.74, 6) is 1.91. The monoisotopic (exact) mass is 379 g/mol. The van der Waals surface area contributed by atoms with Crippen LogP contribution < -0.4 is 20.3 Å². The van der Waals surface area contributed by atoms with E-state index in [4.69, 9.17) is 9.15 Å². The number of rotatable bonds is 5. The van der Waals surface area contributed by atoms with Gasteiger partial charge >= 0.3 is 6.03 Å². The van der Waals surface area contributed by atoms with Gasteiger partial charge in [-0.15, -0.1) is 0 Å². The molecule has 2 aromatic heterocycles. The smallest absolute Gasteiger partial charge is 0.323 e. The number of pyridine rings is 1. The Morgan fingerprint density at radius 3 is 2.89 bits per heavy atom. The lowest BCUT2D eigenvalue weighted by Gasteiger charge is -2.13. The molecular formula is C20H21N5O3. The summed E-state index contributed by atoms with van der Waals surface area (Å²) in [6.07, 6.45) is 3.30. The Balaban J connectivity index is 1.57. The Kier molecular flexibility index (Phi) is 4.60. The van der Waals surface area contributed by atoms with Crippen LogP contribution in [-0.2, 0) is 0 Å². The van der Waals surface area contributed by atoms with Crippen LogP contribution in [0.5, 0.6) is 5.75 Å². The van der Waals surface area contributed by atoms with Crippen molar-refractivity contribution in [1.29, 1.82) is 0 Å². The zero-order chi connectivity index (χ0) is 19.7. The highest BCUT2D eigenvalue weighted by molar-refractivity contribution is 5.94. The molecule has 0 radical (unpaired) electrons. The van der Waals surface area contributed by atoms with Crippen molar-refractivity contribution >= 4 is 23.6 Å². The third-order valence-electron chi connectivity index (χ3n) is 4.57. The number of oxazole rings is 1. The number of carbonyl (C=O) groups excluding carboxylic acids is 1. The summed E-state index contributed by atoms with van der Waals surface area (Å²) >= 11 is 0. The number of nitrogens with one attached hydrogen (secondary N) is 2. The number of ether oxygens (including phenoxy) is 1.